The van der Waals surface area contributed by atoms with Crippen molar-refractivity contribution in [2.24, 2.45) is 0 Å². The first-order chi connectivity index (χ1) is 11.1. The number of benzene rings is 2. The summed E-state index contributed by atoms with van der Waals surface area (Å²) in [4.78, 5) is 13.9. The summed E-state index contributed by atoms with van der Waals surface area (Å²) in [5, 5.41) is 9.55. The fourth-order valence-corrected chi connectivity index (χ4v) is 2.25. The van der Waals surface area contributed by atoms with Gasteiger partial charge in [-0.2, -0.15) is 5.26 Å². The van der Waals surface area contributed by atoms with E-state index >= 15 is 0 Å². The minimum atomic E-state index is -0.238. The largest absolute Gasteiger partial charge is 0.484 e. The van der Waals surface area contributed by atoms with Crippen LogP contribution in [0.5, 0.6) is 5.75 Å². The number of carbonyl (C=O) groups excluding carboxylic acids is 1. The maximum Gasteiger partial charge on any atom is 0.264 e. The molecule has 0 aliphatic heterocycles. The van der Waals surface area contributed by atoms with Gasteiger partial charge in [0.05, 0.1) is 22.5 Å². The van der Waals surface area contributed by atoms with Gasteiger partial charge in [0.1, 0.15) is 5.75 Å². The third kappa shape index (κ3) is 4.88. The van der Waals surface area contributed by atoms with Gasteiger partial charge in [-0.05, 0) is 24.3 Å². The Balaban J connectivity index is 2.05. The van der Waals surface area contributed by atoms with Crippen LogP contribution in [0.3, 0.4) is 0 Å². The van der Waals surface area contributed by atoms with Crippen molar-refractivity contribution < 1.29 is 9.53 Å². The summed E-state index contributed by atoms with van der Waals surface area (Å²) < 4.78 is 5.47. The molecule has 0 atom stereocenters. The minimum Gasteiger partial charge on any atom is -0.484 e. The Morgan fingerprint density at radius 2 is 1.87 bits per heavy atom. The summed E-state index contributed by atoms with van der Waals surface area (Å²) in [5.41, 5.74) is 0.727. The fraction of sp³-hybridized carbons (Fsp3) is 0.176. The second-order valence-electron chi connectivity index (χ2n) is 4.65. The molecular weight excluding hydrogens is 335 g/mol. The van der Waals surface area contributed by atoms with Gasteiger partial charge in [0.15, 0.2) is 6.61 Å². The second-order valence-corrected chi connectivity index (χ2v) is 5.47. The van der Waals surface area contributed by atoms with E-state index in [1.54, 1.807) is 18.2 Å². The van der Waals surface area contributed by atoms with Crippen molar-refractivity contribution in [1.29, 1.82) is 5.26 Å². The normalized spacial score (nSPS) is 9.96. The molecule has 1 amide bonds. The van der Waals surface area contributed by atoms with Crippen LogP contribution in [0.25, 0.3) is 0 Å². The molecular formula is C17H14Cl2N2O2. The van der Waals surface area contributed by atoms with Crippen LogP contribution in [0, 0.1) is 11.3 Å². The summed E-state index contributed by atoms with van der Waals surface area (Å²) in [6, 6.07) is 16.0. The lowest BCUT2D eigenvalue weighted by Crippen LogP contribution is -2.35. The number of anilines is 1. The molecule has 0 bridgehead atoms. The van der Waals surface area contributed by atoms with Crippen LogP contribution < -0.4 is 9.64 Å². The molecule has 2 rings (SSSR count). The van der Waals surface area contributed by atoms with Crippen molar-refractivity contribution in [2.75, 3.05) is 18.1 Å². The van der Waals surface area contributed by atoms with Crippen molar-refractivity contribution in [1.82, 2.24) is 0 Å². The zero-order valence-corrected chi connectivity index (χ0v) is 13.7. The van der Waals surface area contributed by atoms with Gasteiger partial charge in [-0.15, -0.1) is 0 Å². The van der Waals surface area contributed by atoms with Crippen LogP contribution in [0.1, 0.15) is 6.42 Å². The number of halogens is 2. The number of hydrogen-bond acceptors (Lipinski definition) is 3. The van der Waals surface area contributed by atoms with Gasteiger partial charge in [-0.1, -0.05) is 41.4 Å². The average molecular weight is 349 g/mol. The molecule has 2 aromatic rings. The van der Waals surface area contributed by atoms with Gasteiger partial charge < -0.3 is 9.64 Å². The zero-order valence-electron chi connectivity index (χ0n) is 12.2. The van der Waals surface area contributed by atoms with Crippen LogP contribution in [0.2, 0.25) is 10.0 Å². The lowest BCUT2D eigenvalue weighted by Gasteiger charge is -2.21. The van der Waals surface area contributed by atoms with E-state index in [1.165, 1.54) is 4.90 Å². The van der Waals surface area contributed by atoms with Gasteiger partial charge in [-0.3, -0.25) is 4.79 Å². The van der Waals surface area contributed by atoms with Crippen molar-refractivity contribution in [3.05, 3.63) is 58.6 Å². The Bertz CT molecular complexity index is 714. The standard InChI is InChI=1S/C17H14Cl2N2O2/c18-15-8-7-14(11-16(15)19)23-12-17(22)21(10-4-9-20)13-5-2-1-3-6-13/h1-3,5-8,11H,4,10,12H2. The van der Waals surface area contributed by atoms with E-state index in [0.29, 0.717) is 22.3 Å². The van der Waals surface area contributed by atoms with E-state index in [0.717, 1.165) is 5.69 Å². The second kappa shape index (κ2) is 8.42. The monoisotopic (exact) mass is 348 g/mol. The fourth-order valence-electron chi connectivity index (χ4n) is 1.96. The number of para-hydroxylation sites is 1. The van der Waals surface area contributed by atoms with E-state index in [2.05, 4.69) is 0 Å². The summed E-state index contributed by atoms with van der Waals surface area (Å²) in [6.07, 6.45) is 0.243. The highest BCUT2D eigenvalue weighted by Crippen LogP contribution is 2.26. The molecule has 0 heterocycles. The predicted molar refractivity (Wildman–Crippen MR) is 91.0 cm³/mol. The van der Waals surface area contributed by atoms with Gasteiger partial charge in [0, 0.05) is 18.3 Å². The molecule has 2 aromatic carbocycles. The highest BCUT2D eigenvalue weighted by molar-refractivity contribution is 6.42. The average Bonchev–Trinajstić information content (AvgIpc) is 2.57. The molecule has 0 aliphatic rings. The van der Waals surface area contributed by atoms with Crippen LogP contribution in [0.4, 0.5) is 5.69 Å². The van der Waals surface area contributed by atoms with E-state index < -0.39 is 0 Å². The van der Waals surface area contributed by atoms with Crippen molar-refractivity contribution in [3.8, 4) is 11.8 Å². The molecule has 0 aromatic heterocycles. The zero-order chi connectivity index (χ0) is 16.7. The van der Waals surface area contributed by atoms with E-state index in [-0.39, 0.29) is 18.9 Å². The number of hydrogen-bond donors (Lipinski definition) is 0. The van der Waals surface area contributed by atoms with E-state index in [4.69, 9.17) is 33.2 Å². The molecule has 6 heteroatoms. The van der Waals surface area contributed by atoms with Gasteiger partial charge in [0.2, 0.25) is 0 Å². The molecule has 0 spiro atoms. The molecule has 0 aliphatic carbocycles. The first-order valence-electron chi connectivity index (χ1n) is 6.92. The number of nitriles is 1. The molecule has 0 saturated carbocycles. The summed E-state index contributed by atoms with van der Waals surface area (Å²) in [7, 11) is 0. The highest BCUT2D eigenvalue weighted by Gasteiger charge is 2.16. The quantitative estimate of drug-likeness (QED) is 0.780. The van der Waals surface area contributed by atoms with Crippen molar-refractivity contribution in [3.63, 3.8) is 0 Å². The maximum atomic E-state index is 12.4. The Kier molecular flexibility index (Phi) is 6.28. The smallest absolute Gasteiger partial charge is 0.264 e. The SMILES string of the molecule is N#CCCN(C(=O)COc1ccc(Cl)c(Cl)c1)c1ccccc1. The van der Waals surface area contributed by atoms with Crippen LogP contribution in [0.15, 0.2) is 48.5 Å². The molecule has 0 saturated heterocycles. The summed E-state index contributed by atoms with van der Waals surface area (Å²) >= 11 is 11.8. The Morgan fingerprint density at radius 3 is 2.52 bits per heavy atom. The Hall–Kier alpha value is -2.22. The number of carbonyl (C=O) groups is 1. The van der Waals surface area contributed by atoms with Gasteiger partial charge >= 0.3 is 0 Å². The summed E-state index contributed by atoms with van der Waals surface area (Å²) in [6.45, 7) is 0.155. The first kappa shape index (κ1) is 17.1. The van der Waals surface area contributed by atoms with E-state index in [9.17, 15) is 4.79 Å². The maximum absolute atomic E-state index is 12.4. The van der Waals surface area contributed by atoms with Crippen LogP contribution in [-0.2, 0) is 4.79 Å². The molecule has 0 radical (unpaired) electrons. The Labute approximate surface area is 144 Å². The van der Waals surface area contributed by atoms with Crippen LogP contribution in [-0.4, -0.2) is 19.1 Å². The van der Waals surface area contributed by atoms with Gasteiger partial charge in [0.25, 0.3) is 5.91 Å². The first-order valence-corrected chi connectivity index (χ1v) is 7.67. The topological polar surface area (TPSA) is 53.3 Å². The molecule has 0 fully saturated rings. The predicted octanol–water partition coefficient (Wildman–Crippen LogP) is 4.32. The number of nitrogens with zero attached hydrogens (tertiary/aromatic N) is 2. The third-order valence-electron chi connectivity index (χ3n) is 3.07. The molecule has 0 N–H and O–H groups in total. The highest BCUT2D eigenvalue weighted by atomic mass is 35.5. The number of rotatable bonds is 6. The third-order valence-corrected chi connectivity index (χ3v) is 3.81. The van der Waals surface area contributed by atoms with Gasteiger partial charge in [-0.25, -0.2) is 0 Å². The minimum absolute atomic E-state index is 0.154. The lowest BCUT2D eigenvalue weighted by atomic mass is 10.2. The Morgan fingerprint density at radius 1 is 1.13 bits per heavy atom. The number of amides is 1. The van der Waals surface area contributed by atoms with Crippen molar-refractivity contribution >= 4 is 34.8 Å². The molecule has 4 nitrogen and oxygen atoms in total. The number of ether oxygens (including phenoxy) is 1. The molecule has 23 heavy (non-hydrogen) atoms. The molecule has 0 unspecified atom stereocenters. The molecule has 118 valence electrons. The summed E-state index contributed by atoms with van der Waals surface area (Å²) in [5.74, 6) is 0.221. The lowest BCUT2D eigenvalue weighted by molar-refractivity contribution is -0.120. The van der Waals surface area contributed by atoms with Crippen LogP contribution >= 0.6 is 23.2 Å². The van der Waals surface area contributed by atoms with Crippen molar-refractivity contribution in [2.45, 2.75) is 6.42 Å². The van der Waals surface area contributed by atoms with E-state index in [1.807, 2.05) is 36.4 Å².